The summed E-state index contributed by atoms with van der Waals surface area (Å²) in [5.74, 6) is 1.88. The predicted octanol–water partition coefficient (Wildman–Crippen LogP) is 6.17. The maximum atomic E-state index is 6.25. The van der Waals surface area contributed by atoms with E-state index in [2.05, 4.69) is 27.4 Å². The number of hydrogen-bond donors (Lipinski definition) is 2. The number of hydrogen-bond acceptors (Lipinski definition) is 3. The lowest BCUT2D eigenvalue weighted by Gasteiger charge is -2.13. The highest BCUT2D eigenvalue weighted by Gasteiger charge is 2.07. The van der Waals surface area contributed by atoms with Crippen LogP contribution in [-0.2, 0) is 19.6 Å². The zero-order valence-electron chi connectivity index (χ0n) is 16.5. The number of rotatable bonds is 9. The topological polar surface area (TPSA) is 49.9 Å². The Balaban J connectivity index is 1.26. The number of benzene rings is 3. The largest absolute Gasteiger partial charge is 0.489 e. The van der Waals surface area contributed by atoms with Crippen LogP contribution in [0.4, 0.5) is 0 Å². The molecular formula is C24H23Cl2N3O. The Morgan fingerprint density at radius 3 is 2.63 bits per heavy atom. The number of aromatic amines is 1. The van der Waals surface area contributed by atoms with Crippen molar-refractivity contribution in [1.82, 2.24) is 15.3 Å². The van der Waals surface area contributed by atoms with Gasteiger partial charge in [0.25, 0.3) is 0 Å². The highest BCUT2D eigenvalue weighted by molar-refractivity contribution is 6.35. The molecule has 4 aromatic rings. The number of halogens is 2. The zero-order chi connectivity index (χ0) is 20.8. The summed E-state index contributed by atoms with van der Waals surface area (Å²) in [6, 6.07) is 21.6. The van der Waals surface area contributed by atoms with Crippen molar-refractivity contribution in [2.45, 2.75) is 26.0 Å². The van der Waals surface area contributed by atoms with Gasteiger partial charge in [-0.3, -0.25) is 0 Å². The highest BCUT2D eigenvalue weighted by atomic mass is 35.5. The number of H-pyrrole nitrogens is 1. The number of imidazole rings is 1. The van der Waals surface area contributed by atoms with Crippen LogP contribution >= 0.6 is 23.2 Å². The Morgan fingerprint density at radius 1 is 0.933 bits per heavy atom. The molecule has 0 radical (unpaired) electrons. The van der Waals surface area contributed by atoms with Crippen LogP contribution in [-0.4, -0.2) is 16.5 Å². The molecule has 0 fully saturated rings. The molecule has 0 spiro atoms. The van der Waals surface area contributed by atoms with E-state index in [1.165, 1.54) is 0 Å². The molecule has 0 atom stereocenters. The maximum absolute atomic E-state index is 6.25. The summed E-state index contributed by atoms with van der Waals surface area (Å²) in [5, 5.41) is 4.73. The van der Waals surface area contributed by atoms with E-state index in [4.69, 9.17) is 27.9 Å². The molecule has 1 heterocycles. The molecule has 4 rings (SSSR count). The van der Waals surface area contributed by atoms with E-state index < -0.39 is 0 Å². The molecule has 4 nitrogen and oxygen atoms in total. The van der Waals surface area contributed by atoms with Gasteiger partial charge in [-0.05, 0) is 43.3 Å². The standard InChI is InChI=1S/C24H23Cl2N3O/c25-19-12-11-18(20(26)14-19)16-30-23-9-4-1-6-17(23)15-27-13-5-10-24-28-21-7-2-3-8-22(21)29-24/h1-4,6-9,11-12,14,27H,5,10,13,15-16H2,(H,28,29). The lowest BCUT2D eigenvalue weighted by atomic mass is 10.2. The van der Waals surface area contributed by atoms with E-state index >= 15 is 0 Å². The fraction of sp³-hybridized carbons (Fsp3) is 0.208. The average Bonchev–Trinajstić information content (AvgIpc) is 3.16. The van der Waals surface area contributed by atoms with E-state index in [0.29, 0.717) is 16.7 Å². The van der Waals surface area contributed by atoms with Crippen LogP contribution in [0.2, 0.25) is 10.0 Å². The van der Waals surface area contributed by atoms with Gasteiger partial charge in [-0.1, -0.05) is 59.6 Å². The lowest BCUT2D eigenvalue weighted by Crippen LogP contribution is -2.16. The molecule has 0 unspecified atom stereocenters. The van der Waals surface area contributed by atoms with Crippen LogP contribution < -0.4 is 10.1 Å². The van der Waals surface area contributed by atoms with Gasteiger partial charge in [-0.25, -0.2) is 4.98 Å². The highest BCUT2D eigenvalue weighted by Crippen LogP contribution is 2.24. The first-order chi connectivity index (χ1) is 14.7. The zero-order valence-corrected chi connectivity index (χ0v) is 18.0. The average molecular weight is 440 g/mol. The van der Waals surface area contributed by atoms with Crippen molar-refractivity contribution in [3.05, 3.63) is 93.7 Å². The molecule has 0 saturated heterocycles. The van der Waals surface area contributed by atoms with Crippen LogP contribution in [0.15, 0.2) is 66.7 Å². The summed E-state index contributed by atoms with van der Waals surface area (Å²) < 4.78 is 6.02. The lowest BCUT2D eigenvalue weighted by molar-refractivity contribution is 0.302. The van der Waals surface area contributed by atoms with Gasteiger partial charge in [0.2, 0.25) is 0 Å². The van der Waals surface area contributed by atoms with E-state index in [-0.39, 0.29) is 0 Å². The molecule has 0 amide bonds. The molecule has 2 N–H and O–H groups in total. The molecule has 0 bridgehead atoms. The molecule has 3 aromatic carbocycles. The summed E-state index contributed by atoms with van der Waals surface area (Å²) in [7, 11) is 0. The summed E-state index contributed by atoms with van der Waals surface area (Å²) in [4.78, 5) is 8.00. The molecular weight excluding hydrogens is 417 g/mol. The number of para-hydroxylation sites is 3. The van der Waals surface area contributed by atoms with Crippen molar-refractivity contribution in [1.29, 1.82) is 0 Å². The van der Waals surface area contributed by atoms with Crippen LogP contribution in [0.3, 0.4) is 0 Å². The molecule has 6 heteroatoms. The van der Waals surface area contributed by atoms with Crippen LogP contribution in [0.1, 0.15) is 23.4 Å². The molecule has 0 saturated carbocycles. The Bertz CT molecular complexity index is 1090. The van der Waals surface area contributed by atoms with Crippen molar-refractivity contribution in [2.75, 3.05) is 6.54 Å². The van der Waals surface area contributed by atoms with Gasteiger partial charge in [0.05, 0.1) is 11.0 Å². The number of aryl methyl sites for hydroxylation is 1. The van der Waals surface area contributed by atoms with Gasteiger partial charge in [-0.2, -0.15) is 0 Å². The third-order valence-electron chi connectivity index (χ3n) is 4.89. The number of nitrogens with zero attached hydrogens (tertiary/aromatic N) is 1. The second-order valence-corrected chi connectivity index (χ2v) is 7.96. The minimum absolute atomic E-state index is 0.402. The van der Waals surface area contributed by atoms with Crippen LogP contribution in [0.25, 0.3) is 11.0 Å². The van der Waals surface area contributed by atoms with Gasteiger partial charge >= 0.3 is 0 Å². The SMILES string of the molecule is Clc1ccc(COc2ccccc2CNCCCc2nc3ccccc3[nH]2)c(Cl)c1. The minimum atomic E-state index is 0.402. The monoisotopic (exact) mass is 439 g/mol. The van der Waals surface area contributed by atoms with Gasteiger partial charge in [0, 0.05) is 34.1 Å². The molecule has 0 aliphatic heterocycles. The molecule has 154 valence electrons. The fourth-order valence-electron chi connectivity index (χ4n) is 3.31. The van der Waals surface area contributed by atoms with E-state index in [1.807, 2.05) is 48.5 Å². The number of nitrogens with one attached hydrogen (secondary N) is 2. The van der Waals surface area contributed by atoms with Crippen LogP contribution in [0, 0.1) is 0 Å². The molecule has 0 aliphatic rings. The smallest absolute Gasteiger partial charge is 0.124 e. The van der Waals surface area contributed by atoms with Gasteiger partial charge in [0.15, 0.2) is 0 Å². The maximum Gasteiger partial charge on any atom is 0.124 e. The second-order valence-electron chi connectivity index (χ2n) is 7.11. The Labute approximate surface area is 186 Å². The van der Waals surface area contributed by atoms with Crippen molar-refractivity contribution < 1.29 is 4.74 Å². The number of aromatic nitrogens is 2. The van der Waals surface area contributed by atoms with Gasteiger partial charge in [-0.15, -0.1) is 0 Å². The van der Waals surface area contributed by atoms with E-state index in [9.17, 15) is 0 Å². The second kappa shape index (κ2) is 9.98. The van der Waals surface area contributed by atoms with E-state index in [0.717, 1.165) is 59.7 Å². The molecule has 1 aromatic heterocycles. The van der Waals surface area contributed by atoms with Crippen LogP contribution in [0.5, 0.6) is 5.75 Å². The van der Waals surface area contributed by atoms with E-state index in [1.54, 1.807) is 6.07 Å². The van der Waals surface area contributed by atoms with Crippen molar-refractivity contribution in [2.24, 2.45) is 0 Å². The van der Waals surface area contributed by atoms with Crippen molar-refractivity contribution in [3.63, 3.8) is 0 Å². The number of ether oxygens (including phenoxy) is 1. The first-order valence-corrected chi connectivity index (χ1v) is 10.7. The third kappa shape index (κ3) is 5.33. The quantitative estimate of drug-likeness (QED) is 0.306. The summed E-state index contributed by atoms with van der Waals surface area (Å²) >= 11 is 12.2. The Hall–Kier alpha value is -2.53. The summed E-state index contributed by atoms with van der Waals surface area (Å²) in [6.45, 7) is 2.04. The summed E-state index contributed by atoms with van der Waals surface area (Å²) in [5.41, 5.74) is 4.14. The Morgan fingerprint density at radius 2 is 1.77 bits per heavy atom. The predicted molar refractivity (Wildman–Crippen MR) is 123 cm³/mol. The number of fused-ring (bicyclic) bond motifs is 1. The normalized spacial score (nSPS) is 11.1. The third-order valence-corrected chi connectivity index (χ3v) is 5.48. The fourth-order valence-corrected chi connectivity index (χ4v) is 3.78. The van der Waals surface area contributed by atoms with Gasteiger partial charge < -0.3 is 15.0 Å². The van der Waals surface area contributed by atoms with Gasteiger partial charge in [0.1, 0.15) is 18.2 Å². The first kappa shape index (κ1) is 20.7. The first-order valence-electron chi connectivity index (χ1n) is 9.98. The minimum Gasteiger partial charge on any atom is -0.489 e. The van der Waals surface area contributed by atoms with Crippen molar-refractivity contribution in [3.8, 4) is 5.75 Å². The molecule has 30 heavy (non-hydrogen) atoms. The van der Waals surface area contributed by atoms with Crippen molar-refractivity contribution >= 4 is 34.2 Å². The Kier molecular flexibility index (Phi) is 6.90. The summed E-state index contributed by atoms with van der Waals surface area (Å²) in [6.07, 6.45) is 1.91. The molecule has 0 aliphatic carbocycles.